The van der Waals surface area contributed by atoms with Gasteiger partial charge in [-0.15, -0.1) is 0 Å². The Kier molecular flexibility index (Phi) is 9.71. The van der Waals surface area contributed by atoms with E-state index in [9.17, 15) is 9.59 Å². The molecule has 0 heterocycles. The fourth-order valence-electron chi connectivity index (χ4n) is 0.856. The summed E-state index contributed by atoms with van der Waals surface area (Å²) >= 11 is 0. The molecule has 2 radical (unpaired) electrons. The van der Waals surface area contributed by atoms with E-state index in [-0.39, 0.29) is 89.8 Å². The number of carboxylic acid groups (broad SMARTS) is 2. The van der Waals surface area contributed by atoms with Crippen molar-refractivity contribution in [2.24, 2.45) is 0 Å². The Bertz CT molecular complexity index is 307. The van der Waals surface area contributed by atoms with E-state index in [0.717, 1.165) is 0 Å². The van der Waals surface area contributed by atoms with Crippen LogP contribution in [0.5, 0.6) is 0 Å². The molecule has 14 heavy (non-hydrogen) atoms. The minimum absolute atomic E-state index is 0. The van der Waals surface area contributed by atoms with Gasteiger partial charge in [0.05, 0.1) is 11.1 Å². The topological polar surface area (TPSA) is 74.6 Å². The van der Waals surface area contributed by atoms with E-state index >= 15 is 0 Å². The average molecular weight is 415 g/mol. The van der Waals surface area contributed by atoms with Crippen molar-refractivity contribution < 1.29 is 19.8 Å². The second kappa shape index (κ2) is 7.94. The van der Waals surface area contributed by atoms with E-state index in [4.69, 9.17) is 10.2 Å². The fourth-order valence-corrected chi connectivity index (χ4v) is 0.856. The first-order chi connectivity index (χ1) is 5.63. The summed E-state index contributed by atoms with van der Waals surface area (Å²) in [7, 11) is 0. The second-order valence-electron chi connectivity index (χ2n) is 2.16. The standard InChI is InChI=1S/C8H6O4.K.Pb.3H/c9-7(10)5-3-1-2-4-6(5)8(11)12;;;;;/h1-4H,(H,9,10)(H,11,12);;;;;. The summed E-state index contributed by atoms with van der Waals surface area (Å²) < 4.78 is 0. The predicted molar refractivity (Wildman–Crippen MR) is 56.1 cm³/mol. The Labute approximate surface area is 143 Å². The van der Waals surface area contributed by atoms with Crippen LogP contribution in [0.4, 0.5) is 0 Å². The summed E-state index contributed by atoms with van der Waals surface area (Å²) in [6.07, 6.45) is 0. The van der Waals surface area contributed by atoms with Gasteiger partial charge in [0, 0.05) is 0 Å². The summed E-state index contributed by atoms with van der Waals surface area (Å²) in [5.41, 5.74) is -0.380. The molecule has 70 valence electrons. The van der Waals surface area contributed by atoms with Gasteiger partial charge in [-0.2, -0.15) is 0 Å². The molecule has 1 aromatic carbocycles. The molecule has 0 aliphatic rings. The van der Waals surface area contributed by atoms with Crippen LogP contribution >= 0.6 is 0 Å². The fraction of sp³-hybridized carbons (Fsp3) is 0. The molecule has 0 amide bonds. The van der Waals surface area contributed by atoms with Gasteiger partial charge in [-0.1, -0.05) is 12.1 Å². The molecule has 0 atom stereocenters. The maximum absolute atomic E-state index is 10.5. The van der Waals surface area contributed by atoms with Crippen molar-refractivity contribution in [3.05, 3.63) is 35.4 Å². The average Bonchev–Trinajstić information content (AvgIpc) is 2.04. The monoisotopic (exact) mass is 416 g/mol. The molecule has 0 aliphatic heterocycles. The molecule has 0 unspecified atom stereocenters. The van der Waals surface area contributed by atoms with Gasteiger partial charge in [0.25, 0.3) is 0 Å². The molecule has 0 fully saturated rings. The van der Waals surface area contributed by atoms with Crippen molar-refractivity contribution in [1.82, 2.24) is 0 Å². The Morgan fingerprint density at radius 1 is 0.929 bits per heavy atom. The van der Waals surface area contributed by atoms with Crippen molar-refractivity contribution in [3.63, 3.8) is 0 Å². The predicted octanol–water partition coefficient (Wildman–Crippen LogP) is -0.482. The summed E-state index contributed by atoms with van der Waals surface area (Å²) in [6, 6.07) is 5.48. The van der Waals surface area contributed by atoms with Crippen LogP contribution in [0.3, 0.4) is 0 Å². The first kappa shape index (κ1) is 17.1. The Morgan fingerprint density at radius 3 is 1.43 bits per heavy atom. The van der Waals surface area contributed by atoms with E-state index in [0.29, 0.717) is 0 Å². The molecule has 0 aromatic heterocycles. The van der Waals surface area contributed by atoms with Gasteiger partial charge in [0.2, 0.25) is 0 Å². The van der Waals surface area contributed by atoms with Crippen LogP contribution < -0.4 is 0 Å². The van der Waals surface area contributed by atoms with E-state index in [1.54, 1.807) is 0 Å². The summed E-state index contributed by atoms with van der Waals surface area (Å²) in [4.78, 5) is 20.9. The van der Waals surface area contributed by atoms with Crippen LogP contribution in [0.1, 0.15) is 20.7 Å². The van der Waals surface area contributed by atoms with Crippen molar-refractivity contribution in [1.29, 1.82) is 0 Å². The van der Waals surface area contributed by atoms with Crippen LogP contribution in [0.2, 0.25) is 0 Å². The molecule has 0 spiro atoms. The maximum atomic E-state index is 10.5. The van der Waals surface area contributed by atoms with E-state index < -0.39 is 11.9 Å². The van der Waals surface area contributed by atoms with E-state index in [1.165, 1.54) is 24.3 Å². The molecule has 2 N–H and O–H groups in total. The first-order valence-corrected chi connectivity index (χ1v) is 3.18. The molecule has 0 saturated carbocycles. The zero-order valence-electron chi connectivity index (χ0n) is 6.73. The molecule has 0 bridgehead atoms. The number of benzene rings is 1. The number of rotatable bonds is 2. The van der Waals surface area contributed by atoms with Gasteiger partial charge < -0.3 is 10.2 Å². The van der Waals surface area contributed by atoms with Crippen molar-refractivity contribution in [3.8, 4) is 0 Å². The third-order valence-corrected chi connectivity index (χ3v) is 1.39. The van der Waals surface area contributed by atoms with Crippen molar-refractivity contribution in [2.45, 2.75) is 0 Å². The van der Waals surface area contributed by atoms with Gasteiger partial charge in [-0.25, -0.2) is 9.59 Å². The molecule has 0 saturated heterocycles. The Balaban J connectivity index is 0. The molecule has 0 aliphatic carbocycles. The van der Waals surface area contributed by atoms with Gasteiger partial charge >= 0.3 is 90.6 Å². The number of carbonyl (C=O) groups is 2. The zero-order valence-corrected chi connectivity index (χ0v) is 12.2. The SMILES string of the molecule is O=C(O)c1ccccc1C(=O)O.[KH].[PbH2]. The van der Waals surface area contributed by atoms with E-state index in [2.05, 4.69) is 0 Å². The summed E-state index contributed by atoms with van der Waals surface area (Å²) in [6.45, 7) is 0. The summed E-state index contributed by atoms with van der Waals surface area (Å²) in [5.74, 6) is -2.46. The molecular formula is C8H9KO4Pb. The number of hydrogen-bond acceptors (Lipinski definition) is 2. The van der Waals surface area contributed by atoms with Gasteiger partial charge in [0.15, 0.2) is 0 Å². The Morgan fingerprint density at radius 2 is 1.21 bits per heavy atom. The van der Waals surface area contributed by atoms with Crippen LogP contribution in [-0.4, -0.2) is 101 Å². The molecular weight excluding hydrogens is 406 g/mol. The van der Waals surface area contributed by atoms with Crippen molar-refractivity contribution in [2.75, 3.05) is 0 Å². The third-order valence-electron chi connectivity index (χ3n) is 1.39. The zero-order chi connectivity index (χ0) is 9.14. The Hall–Kier alpha value is 0.718. The van der Waals surface area contributed by atoms with Crippen LogP contribution in [0.15, 0.2) is 24.3 Å². The van der Waals surface area contributed by atoms with Crippen LogP contribution in [0.25, 0.3) is 0 Å². The molecule has 1 rings (SSSR count). The first-order valence-electron chi connectivity index (χ1n) is 3.18. The van der Waals surface area contributed by atoms with Gasteiger partial charge in [-0.05, 0) is 12.1 Å². The number of hydrogen-bond donors (Lipinski definition) is 2. The normalized spacial score (nSPS) is 8.00. The minimum atomic E-state index is -1.23. The van der Waals surface area contributed by atoms with Gasteiger partial charge in [-0.3, -0.25) is 0 Å². The number of carboxylic acids is 2. The van der Waals surface area contributed by atoms with Crippen molar-refractivity contribution >= 4 is 90.6 Å². The summed E-state index contributed by atoms with van der Waals surface area (Å²) in [5, 5.41) is 17.1. The molecule has 6 heteroatoms. The molecule has 4 nitrogen and oxygen atoms in total. The third kappa shape index (κ3) is 4.49. The quantitative estimate of drug-likeness (QED) is 0.640. The van der Waals surface area contributed by atoms with Crippen LogP contribution in [0, 0.1) is 0 Å². The second-order valence-corrected chi connectivity index (χ2v) is 2.16. The molecule has 1 aromatic rings. The van der Waals surface area contributed by atoms with Crippen LogP contribution in [-0.2, 0) is 0 Å². The number of aromatic carboxylic acids is 2. The van der Waals surface area contributed by atoms with E-state index in [1.807, 2.05) is 0 Å². The van der Waals surface area contributed by atoms with Gasteiger partial charge in [0.1, 0.15) is 0 Å².